The Morgan fingerprint density at radius 2 is 2.25 bits per heavy atom. The number of aliphatic hydroxyl groups excluding tert-OH is 1. The number of aliphatic hydroxyl groups is 1. The van der Waals surface area contributed by atoms with Gasteiger partial charge in [-0.1, -0.05) is 6.42 Å². The van der Waals surface area contributed by atoms with Gasteiger partial charge in [-0.15, -0.1) is 0 Å². The third-order valence-electron chi connectivity index (χ3n) is 1.67. The molecule has 1 aliphatic carbocycles. The van der Waals surface area contributed by atoms with Crippen LogP contribution in [0.2, 0.25) is 0 Å². The summed E-state index contributed by atoms with van der Waals surface area (Å²) in [5, 5.41) is 8.21. The monoisotopic (exact) mass is 116 g/mol. The van der Waals surface area contributed by atoms with Crippen LogP contribution in [0, 0.1) is 5.92 Å². The average Bonchev–Trinajstić information content (AvgIpc) is 1.63. The molecule has 0 aromatic heterocycles. The molecule has 0 aromatic carbocycles. The fourth-order valence-electron chi connectivity index (χ4n) is 0.879. The van der Waals surface area contributed by atoms with Gasteiger partial charge in [0.1, 0.15) is 6.79 Å². The van der Waals surface area contributed by atoms with Crippen LogP contribution in [0.3, 0.4) is 0 Å². The van der Waals surface area contributed by atoms with Crippen LogP contribution >= 0.6 is 0 Å². The molecule has 2 nitrogen and oxygen atoms in total. The van der Waals surface area contributed by atoms with Crippen molar-refractivity contribution in [3.8, 4) is 0 Å². The van der Waals surface area contributed by atoms with Gasteiger partial charge < -0.3 is 9.84 Å². The Bertz CT molecular complexity index is 59.5. The second-order valence-electron chi connectivity index (χ2n) is 2.30. The van der Waals surface area contributed by atoms with E-state index in [2.05, 4.69) is 0 Å². The van der Waals surface area contributed by atoms with Crippen LogP contribution in [-0.4, -0.2) is 18.5 Å². The highest BCUT2D eigenvalue weighted by Crippen LogP contribution is 2.25. The van der Waals surface area contributed by atoms with Crippen molar-refractivity contribution in [3.63, 3.8) is 0 Å². The molecule has 0 aromatic rings. The molecule has 0 bridgehead atoms. The summed E-state index contributed by atoms with van der Waals surface area (Å²) in [6, 6.07) is 0. The van der Waals surface area contributed by atoms with Crippen molar-refractivity contribution in [2.75, 3.05) is 13.4 Å². The summed E-state index contributed by atoms with van der Waals surface area (Å²) in [5.41, 5.74) is 0. The van der Waals surface area contributed by atoms with Crippen LogP contribution < -0.4 is 0 Å². The second-order valence-corrected chi connectivity index (χ2v) is 2.30. The molecule has 2 heteroatoms. The largest absolute Gasteiger partial charge is 0.371 e. The number of hydrogen-bond donors (Lipinski definition) is 1. The Labute approximate surface area is 49.5 Å². The summed E-state index contributed by atoms with van der Waals surface area (Å²) < 4.78 is 4.79. The van der Waals surface area contributed by atoms with Crippen molar-refractivity contribution in [2.24, 2.45) is 5.92 Å². The molecular weight excluding hydrogens is 104 g/mol. The Balaban J connectivity index is 1.86. The highest BCUT2D eigenvalue weighted by Gasteiger charge is 2.16. The zero-order valence-corrected chi connectivity index (χ0v) is 4.97. The zero-order chi connectivity index (χ0) is 5.82. The minimum Gasteiger partial charge on any atom is -0.371 e. The predicted octanol–water partition coefficient (Wildman–Crippen LogP) is 0.753. The highest BCUT2D eigenvalue weighted by atomic mass is 16.6. The minimum absolute atomic E-state index is 0.115. The molecule has 0 amide bonds. The maximum atomic E-state index is 8.21. The Morgan fingerprint density at radius 1 is 1.50 bits per heavy atom. The fourth-order valence-corrected chi connectivity index (χ4v) is 0.879. The molecule has 1 aliphatic rings. The van der Waals surface area contributed by atoms with Crippen molar-refractivity contribution in [1.29, 1.82) is 0 Å². The fraction of sp³-hybridized carbons (Fsp3) is 1.00. The van der Waals surface area contributed by atoms with Crippen molar-refractivity contribution < 1.29 is 9.84 Å². The molecule has 1 saturated carbocycles. The Kier molecular flexibility index (Phi) is 2.30. The van der Waals surface area contributed by atoms with Gasteiger partial charge in [-0.25, -0.2) is 0 Å². The lowest BCUT2D eigenvalue weighted by Crippen LogP contribution is -2.17. The van der Waals surface area contributed by atoms with Gasteiger partial charge in [-0.2, -0.15) is 0 Å². The number of hydrogen-bond acceptors (Lipinski definition) is 2. The zero-order valence-electron chi connectivity index (χ0n) is 4.97. The molecule has 1 fully saturated rings. The van der Waals surface area contributed by atoms with Crippen LogP contribution in [0.1, 0.15) is 19.3 Å². The molecule has 0 radical (unpaired) electrons. The summed E-state index contributed by atoms with van der Waals surface area (Å²) in [6.45, 7) is 0.646. The van der Waals surface area contributed by atoms with Gasteiger partial charge in [0.15, 0.2) is 0 Å². The van der Waals surface area contributed by atoms with E-state index >= 15 is 0 Å². The molecular formula is C6H12O2. The van der Waals surface area contributed by atoms with Crippen molar-refractivity contribution in [2.45, 2.75) is 19.3 Å². The number of ether oxygens (including phenoxy) is 1. The smallest absolute Gasteiger partial charge is 0.143 e. The predicted molar refractivity (Wildman–Crippen MR) is 30.4 cm³/mol. The van der Waals surface area contributed by atoms with E-state index in [0.29, 0.717) is 0 Å². The summed E-state index contributed by atoms with van der Waals surface area (Å²) in [6.07, 6.45) is 3.93. The molecule has 0 spiro atoms. The molecule has 48 valence electrons. The van der Waals surface area contributed by atoms with Crippen molar-refractivity contribution in [1.82, 2.24) is 0 Å². The molecule has 1 N–H and O–H groups in total. The van der Waals surface area contributed by atoms with Crippen LogP contribution in [0.25, 0.3) is 0 Å². The van der Waals surface area contributed by atoms with Crippen LogP contribution in [-0.2, 0) is 4.74 Å². The first-order valence-electron chi connectivity index (χ1n) is 3.12. The van der Waals surface area contributed by atoms with Gasteiger partial charge in [0, 0.05) is 0 Å². The van der Waals surface area contributed by atoms with Gasteiger partial charge in [-0.3, -0.25) is 0 Å². The van der Waals surface area contributed by atoms with E-state index in [1.54, 1.807) is 0 Å². The lowest BCUT2D eigenvalue weighted by atomic mass is 9.86. The van der Waals surface area contributed by atoms with Crippen molar-refractivity contribution in [3.05, 3.63) is 0 Å². The van der Waals surface area contributed by atoms with Gasteiger partial charge in [0.25, 0.3) is 0 Å². The first-order chi connectivity index (χ1) is 3.93. The standard InChI is InChI=1S/C6H12O2/c7-5-8-4-6-2-1-3-6/h6-7H,1-5H2. The highest BCUT2D eigenvalue weighted by molar-refractivity contribution is 4.67. The van der Waals surface area contributed by atoms with Crippen LogP contribution in [0.4, 0.5) is 0 Å². The Morgan fingerprint density at radius 3 is 2.62 bits per heavy atom. The lowest BCUT2D eigenvalue weighted by Gasteiger charge is -2.24. The van der Waals surface area contributed by atoms with Crippen molar-refractivity contribution >= 4 is 0 Å². The molecule has 0 saturated heterocycles. The molecule has 8 heavy (non-hydrogen) atoms. The first-order valence-corrected chi connectivity index (χ1v) is 3.12. The van der Waals surface area contributed by atoms with Crippen LogP contribution in [0.15, 0.2) is 0 Å². The summed E-state index contributed by atoms with van der Waals surface area (Å²) in [4.78, 5) is 0. The van der Waals surface area contributed by atoms with Gasteiger partial charge >= 0.3 is 0 Å². The van der Waals surface area contributed by atoms with E-state index in [0.717, 1.165) is 12.5 Å². The maximum absolute atomic E-state index is 8.21. The minimum atomic E-state index is -0.115. The first kappa shape index (κ1) is 6.05. The summed E-state index contributed by atoms with van der Waals surface area (Å²) >= 11 is 0. The SMILES string of the molecule is OCOCC1CCC1. The van der Waals surface area contributed by atoms with E-state index in [1.165, 1.54) is 19.3 Å². The Hall–Kier alpha value is -0.0800. The molecule has 0 aliphatic heterocycles. The second kappa shape index (κ2) is 3.05. The third kappa shape index (κ3) is 1.46. The van der Waals surface area contributed by atoms with E-state index in [1.807, 2.05) is 0 Å². The van der Waals surface area contributed by atoms with E-state index < -0.39 is 0 Å². The quantitative estimate of drug-likeness (QED) is 0.551. The number of rotatable bonds is 3. The molecule has 0 unspecified atom stereocenters. The lowest BCUT2D eigenvalue weighted by molar-refractivity contribution is -0.0290. The average molecular weight is 116 g/mol. The summed E-state index contributed by atoms with van der Waals surface area (Å²) in [7, 11) is 0. The van der Waals surface area contributed by atoms with Gasteiger partial charge in [-0.05, 0) is 18.8 Å². The maximum Gasteiger partial charge on any atom is 0.143 e. The van der Waals surface area contributed by atoms with Gasteiger partial charge in [0.2, 0.25) is 0 Å². The van der Waals surface area contributed by atoms with Crippen LogP contribution in [0.5, 0.6) is 0 Å². The molecule has 0 atom stereocenters. The van der Waals surface area contributed by atoms with E-state index in [4.69, 9.17) is 9.84 Å². The van der Waals surface area contributed by atoms with Gasteiger partial charge in [0.05, 0.1) is 6.61 Å². The van der Waals surface area contributed by atoms with E-state index in [9.17, 15) is 0 Å². The third-order valence-corrected chi connectivity index (χ3v) is 1.67. The normalized spacial score (nSPS) is 20.6. The topological polar surface area (TPSA) is 29.5 Å². The molecule has 0 heterocycles. The molecule has 1 rings (SSSR count). The summed E-state index contributed by atoms with van der Waals surface area (Å²) in [5.74, 6) is 0.752. The van der Waals surface area contributed by atoms with E-state index in [-0.39, 0.29) is 6.79 Å².